The monoisotopic (exact) mass is 464 g/mol. The van der Waals surface area contributed by atoms with Crippen LogP contribution in [0.4, 0.5) is 11.8 Å². The van der Waals surface area contributed by atoms with Crippen LogP contribution >= 0.6 is 15.9 Å². The van der Waals surface area contributed by atoms with Crippen LogP contribution in [0.5, 0.6) is 5.75 Å². The van der Waals surface area contributed by atoms with Crippen LogP contribution in [-0.4, -0.2) is 46.2 Å². The number of amides is 1. The molecule has 29 heavy (non-hydrogen) atoms. The highest BCUT2D eigenvalue weighted by Crippen LogP contribution is 2.29. The third-order valence-corrected chi connectivity index (χ3v) is 5.63. The van der Waals surface area contributed by atoms with Crippen LogP contribution in [0.15, 0.2) is 22.7 Å². The predicted molar refractivity (Wildman–Crippen MR) is 119 cm³/mol. The van der Waals surface area contributed by atoms with Crippen molar-refractivity contribution in [2.75, 3.05) is 30.3 Å². The molecular weight excluding hydrogens is 436 g/mol. The first kappa shape index (κ1) is 21.4. The summed E-state index contributed by atoms with van der Waals surface area (Å²) in [6, 6.07) is 5.68. The molecule has 0 radical (unpaired) electrons. The van der Waals surface area contributed by atoms with Gasteiger partial charge in [0.2, 0.25) is 5.95 Å². The number of nitrogens with one attached hydrogen (secondary N) is 3. The predicted octanol–water partition coefficient (Wildman–Crippen LogP) is 2.87. The Morgan fingerprint density at radius 2 is 2.14 bits per heavy atom. The lowest BCUT2D eigenvalue weighted by atomic mass is 10.2. The summed E-state index contributed by atoms with van der Waals surface area (Å²) >= 11 is 3.36. The van der Waals surface area contributed by atoms with E-state index in [4.69, 9.17) is 10.7 Å². The molecule has 0 spiro atoms. The van der Waals surface area contributed by atoms with E-state index >= 15 is 0 Å². The fourth-order valence-corrected chi connectivity index (χ4v) is 4.02. The van der Waals surface area contributed by atoms with Gasteiger partial charge in [0, 0.05) is 25.7 Å². The van der Waals surface area contributed by atoms with Crippen molar-refractivity contribution in [3.05, 3.63) is 33.9 Å². The molecule has 1 heterocycles. The quantitative estimate of drug-likeness (QED) is 0.389. The van der Waals surface area contributed by atoms with Crippen LogP contribution in [0.1, 0.15) is 48.7 Å². The Bertz CT molecular complexity index is 848. The van der Waals surface area contributed by atoms with E-state index in [1.807, 2.05) is 23.6 Å². The fraction of sp³-hybridized carbons (Fsp3) is 0.500. The number of aromatic nitrogens is 2. The minimum absolute atomic E-state index is 0.179. The highest BCUT2D eigenvalue weighted by Gasteiger charge is 2.25. The lowest BCUT2D eigenvalue weighted by Crippen LogP contribution is -2.28. The molecule has 1 aliphatic rings. The number of phenols is 1. The summed E-state index contributed by atoms with van der Waals surface area (Å²) in [5.74, 6) is 1.19. The topological polar surface area (TPSA) is 117 Å². The Hall–Kier alpha value is -2.26. The third kappa shape index (κ3) is 5.22. The van der Waals surface area contributed by atoms with Gasteiger partial charge in [-0.05, 0) is 53.4 Å². The van der Waals surface area contributed by atoms with E-state index in [1.165, 1.54) is 12.8 Å². The van der Waals surface area contributed by atoms with Crippen LogP contribution < -0.4 is 21.7 Å². The number of benzene rings is 1. The van der Waals surface area contributed by atoms with E-state index in [2.05, 4.69) is 31.9 Å². The van der Waals surface area contributed by atoms with Gasteiger partial charge in [0.05, 0.1) is 11.0 Å². The lowest BCUT2D eigenvalue weighted by molar-refractivity contribution is 0.0948. The van der Waals surface area contributed by atoms with Crippen LogP contribution in [0, 0.1) is 0 Å². The number of phenolic OH excluding ortho intramolecular Hbond substituents is 1. The lowest BCUT2D eigenvalue weighted by Gasteiger charge is -2.17. The third-order valence-electron chi connectivity index (χ3n) is 5.00. The molecule has 0 aliphatic heterocycles. The summed E-state index contributed by atoms with van der Waals surface area (Å²) in [6.45, 7) is 3.82. The van der Waals surface area contributed by atoms with Gasteiger partial charge < -0.3 is 26.8 Å². The van der Waals surface area contributed by atoms with Crippen molar-refractivity contribution < 1.29 is 9.90 Å². The van der Waals surface area contributed by atoms with Gasteiger partial charge in [-0.1, -0.05) is 18.9 Å². The van der Waals surface area contributed by atoms with E-state index < -0.39 is 0 Å². The van der Waals surface area contributed by atoms with Crippen molar-refractivity contribution in [2.45, 2.75) is 45.2 Å². The molecule has 1 amide bonds. The average molecular weight is 465 g/mol. The van der Waals surface area contributed by atoms with Crippen LogP contribution in [-0.2, 0) is 6.54 Å². The van der Waals surface area contributed by atoms with Gasteiger partial charge in [0.1, 0.15) is 5.75 Å². The normalized spacial score (nSPS) is 14.2. The molecule has 0 atom stereocenters. The van der Waals surface area contributed by atoms with Gasteiger partial charge in [-0.3, -0.25) is 9.36 Å². The number of hydrogen-bond acceptors (Lipinski definition) is 6. The Morgan fingerprint density at radius 1 is 1.38 bits per heavy atom. The number of nitrogens with two attached hydrogens (primary N) is 1. The van der Waals surface area contributed by atoms with Crippen molar-refractivity contribution in [2.24, 2.45) is 5.73 Å². The Kier molecular flexibility index (Phi) is 7.38. The van der Waals surface area contributed by atoms with Crippen molar-refractivity contribution in [3.8, 4) is 5.75 Å². The molecule has 2 aromatic rings. The second-order valence-corrected chi connectivity index (χ2v) is 8.06. The molecular formula is C20H29BrN6O2. The maximum absolute atomic E-state index is 12.9. The number of nitrogens with zero attached hydrogens (tertiary/aromatic N) is 2. The van der Waals surface area contributed by atoms with Crippen molar-refractivity contribution >= 4 is 33.6 Å². The van der Waals surface area contributed by atoms with Crippen LogP contribution in [0.2, 0.25) is 0 Å². The van der Waals surface area contributed by atoms with E-state index in [0.29, 0.717) is 54.2 Å². The maximum atomic E-state index is 12.9. The summed E-state index contributed by atoms with van der Waals surface area (Å²) in [5.41, 5.74) is 7.07. The molecule has 1 aromatic carbocycles. The smallest absolute Gasteiger partial charge is 0.271 e. The van der Waals surface area contributed by atoms with E-state index in [0.717, 1.165) is 18.4 Å². The van der Waals surface area contributed by atoms with Crippen LogP contribution in [0.25, 0.3) is 0 Å². The van der Waals surface area contributed by atoms with Gasteiger partial charge >= 0.3 is 0 Å². The minimum atomic E-state index is -0.183. The summed E-state index contributed by atoms with van der Waals surface area (Å²) < 4.78 is 2.52. The van der Waals surface area contributed by atoms with Crippen molar-refractivity contribution in [1.29, 1.82) is 0 Å². The number of halogens is 1. The fourth-order valence-electron chi connectivity index (χ4n) is 3.59. The Morgan fingerprint density at radius 3 is 2.79 bits per heavy atom. The van der Waals surface area contributed by atoms with Crippen molar-refractivity contribution in [3.63, 3.8) is 0 Å². The summed E-state index contributed by atoms with van der Waals surface area (Å²) in [7, 11) is 0. The number of hydrogen-bond donors (Lipinski definition) is 5. The first-order chi connectivity index (χ1) is 14.0. The number of aromatic hydroxyl groups is 1. The first-order valence-electron chi connectivity index (χ1n) is 10.1. The largest absolute Gasteiger partial charge is 0.507 e. The molecule has 0 saturated heterocycles. The SMILES string of the molecule is CCNC(=O)c1c(NCCN)nc(NC2CCCC2)n1Cc1ccc(O)c(Br)c1. The van der Waals surface area contributed by atoms with Gasteiger partial charge in [-0.2, -0.15) is 4.98 Å². The number of anilines is 2. The summed E-state index contributed by atoms with van der Waals surface area (Å²) in [4.78, 5) is 17.6. The van der Waals surface area contributed by atoms with Crippen molar-refractivity contribution in [1.82, 2.24) is 14.9 Å². The first-order valence-corrected chi connectivity index (χ1v) is 10.9. The Balaban J connectivity index is 2.02. The number of rotatable bonds is 9. The second-order valence-electron chi connectivity index (χ2n) is 7.21. The molecule has 3 rings (SSSR count). The number of carbonyl (C=O) groups excluding carboxylic acids is 1. The zero-order valence-corrected chi connectivity index (χ0v) is 18.3. The summed E-state index contributed by atoms with van der Waals surface area (Å²) in [6.07, 6.45) is 4.59. The zero-order chi connectivity index (χ0) is 20.8. The zero-order valence-electron chi connectivity index (χ0n) is 16.7. The highest BCUT2D eigenvalue weighted by atomic mass is 79.9. The highest BCUT2D eigenvalue weighted by molar-refractivity contribution is 9.10. The Labute approximate surface area is 179 Å². The average Bonchev–Trinajstić information content (AvgIpc) is 3.32. The molecule has 1 saturated carbocycles. The molecule has 0 unspecified atom stereocenters. The van der Waals surface area contributed by atoms with Gasteiger partial charge in [0.15, 0.2) is 11.5 Å². The van der Waals surface area contributed by atoms with Gasteiger partial charge in [0.25, 0.3) is 5.91 Å². The standard InChI is InChI=1S/C20H29BrN6O2/c1-2-23-19(29)17-18(24-10-9-22)26-20(25-14-5-3-4-6-14)27(17)12-13-7-8-16(28)15(21)11-13/h7-8,11,14,24,28H,2-6,9-10,12,22H2,1H3,(H,23,29)(H,25,26). The minimum Gasteiger partial charge on any atom is -0.507 e. The maximum Gasteiger partial charge on any atom is 0.271 e. The van der Waals surface area contributed by atoms with Gasteiger partial charge in [-0.25, -0.2) is 0 Å². The number of imidazole rings is 1. The molecule has 1 aliphatic carbocycles. The molecule has 158 valence electrons. The molecule has 9 heteroatoms. The molecule has 6 N–H and O–H groups in total. The van der Waals surface area contributed by atoms with Gasteiger partial charge in [-0.15, -0.1) is 0 Å². The molecule has 0 bridgehead atoms. The van der Waals surface area contributed by atoms with E-state index in [1.54, 1.807) is 6.07 Å². The van der Waals surface area contributed by atoms with Crippen LogP contribution in [0.3, 0.4) is 0 Å². The number of carbonyl (C=O) groups is 1. The molecule has 1 aromatic heterocycles. The van der Waals surface area contributed by atoms with E-state index in [-0.39, 0.29) is 11.7 Å². The summed E-state index contributed by atoms with van der Waals surface area (Å²) in [5, 5.41) is 19.4. The molecule has 1 fully saturated rings. The molecule has 8 nitrogen and oxygen atoms in total. The second kappa shape index (κ2) is 9.98. The van der Waals surface area contributed by atoms with E-state index in [9.17, 15) is 9.90 Å².